The van der Waals surface area contributed by atoms with Gasteiger partial charge in [-0.15, -0.1) is 0 Å². The maximum atomic E-state index is 12.4. The minimum absolute atomic E-state index is 0.0265. The molecule has 0 saturated heterocycles. The summed E-state index contributed by atoms with van der Waals surface area (Å²) in [6.07, 6.45) is 1.69. The van der Waals surface area contributed by atoms with Gasteiger partial charge in [0, 0.05) is 25.1 Å². The van der Waals surface area contributed by atoms with Crippen molar-refractivity contribution >= 4 is 27.7 Å². The number of carbonyl (C=O) groups is 2. The highest BCUT2D eigenvalue weighted by atomic mass is 32.2. The van der Waals surface area contributed by atoms with Crippen molar-refractivity contribution in [2.45, 2.75) is 38.0 Å². The van der Waals surface area contributed by atoms with E-state index in [0.29, 0.717) is 18.7 Å². The number of nitrogens with zero attached hydrogens (tertiary/aromatic N) is 2. The molecule has 2 amide bonds. The molecule has 0 radical (unpaired) electrons. The number of nitrogens with one attached hydrogen (secondary N) is 2. The summed E-state index contributed by atoms with van der Waals surface area (Å²) in [7, 11) is -3.58. The van der Waals surface area contributed by atoms with Crippen LogP contribution >= 0.6 is 0 Å². The van der Waals surface area contributed by atoms with Crippen LogP contribution in [0.25, 0.3) is 0 Å². The molecule has 0 aromatic heterocycles. The number of amides is 2. The molecular weight excluding hydrogens is 368 g/mol. The van der Waals surface area contributed by atoms with Crippen LogP contribution in [-0.2, 0) is 19.6 Å². The molecule has 1 aromatic carbocycles. The fourth-order valence-electron chi connectivity index (χ4n) is 2.73. The van der Waals surface area contributed by atoms with Crippen molar-refractivity contribution in [3.8, 4) is 0 Å². The molecule has 0 atom stereocenters. The van der Waals surface area contributed by atoms with Crippen LogP contribution in [0.15, 0.2) is 34.2 Å². The maximum absolute atomic E-state index is 12.4. The standard InChI is InChI=1S/C18H26N4O4S/c1-3-10-19-16(23)13-22(12-4-2)17(24)9-11-20-18-14-7-5-6-8-15(14)27(25,26)21-18/h5-8H,3-4,9-13H2,1-2H3,(H,19,23)(H,20,21). The molecule has 1 heterocycles. The van der Waals surface area contributed by atoms with Crippen molar-refractivity contribution in [1.82, 2.24) is 14.9 Å². The summed E-state index contributed by atoms with van der Waals surface area (Å²) in [4.78, 5) is 30.3. The minimum atomic E-state index is -3.58. The lowest BCUT2D eigenvalue weighted by Crippen LogP contribution is -2.41. The molecule has 1 aliphatic rings. The van der Waals surface area contributed by atoms with Gasteiger partial charge in [-0.05, 0) is 25.0 Å². The van der Waals surface area contributed by atoms with E-state index in [-0.39, 0.29) is 42.1 Å². The van der Waals surface area contributed by atoms with Crippen LogP contribution in [0.1, 0.15) is 38.7 Å². The summed E-state index contributed by atoms with van der Waals surface area (Å²) in [6.45, 7) is 5.14. The molecule has 148 valence electrons. The summed E-state index contributed by atoms with van der Waals surface area (Å²) in [6, 6.07) is 6.58. The molecule has 1 aromatic rings. The molecule has 9 heteroatoms. The summed E-state index contributed by atoms with van der Waals surface area (Å²) in [5.74, 6) is -0.106. The molecular formula is C18H26N4O4S. The number of sulfonamides is 1. The zero-order valence-corrected chi connectivity index (χ0v) is 16.5. The fraction of sp³-hybridized carbons (Fsp3) is 0.500. The third kappa shape index (κ3) is 5.53. The lowest BCUT2D eigenvalue weighted by Gasteiger charge is -2.21. The van der Waals surface area contributed by atoms with Gasteiger partial charge in [0.15, 0.2) is 0 Å². The highest BCUT2D eigenvalue weighted by Crippen LogP contribution is 2.22. The zero-order valence-electron chi connectivity index (χ0n) is 15.7. The lowest BCUT2D eigenvalue weighted by molar-refractivity contribution is -0.135. The smallest absolute Gasteiger partial charge is 0.263 e. The van der Waals surface area contributed by atoms with Crippen molar-refractivity contribution in [1.29, 1.82) is 0 Å². The van der Waals surface area contributed by atoms with Crippen molar-refractivity contribution in [2.75, 3.05) is 26.2 Å². The highest BCUT2D eigenvalue weighted by Gasteiger charge is 2.30. The molecule has 27 heavy (non-hydrogen) atoms. The summed E-state index contributed by atoms with van der Waals surface area (Å²) in [5.41, 5.74) is 0.509. The number of carbonyl (C=O) groups excluding carboxylic acids is 2. The Morgan fingerprint density at radius 3 is 2.63 bits per heavy atom. The molecule has 0 spiro atoms. The van der Waals surface area contributed by atoms with Gasteiger partial charge in [0.05, 0.1) is 18.0 Å². The predicted molar refractivity (Wildman–Crippen MR) is 103 cm³/mol. The van der Waals surface area contributed by atoms with Crippen LogP contribution in [-0.4, -0.2) is 57.1 Å². The number of benzene rings is 1. The zero-order chi connectivity index (χ0) is 19.9. The quantitative estimate of drug-likeness (QED) is 0.648. The Morgan fingerprint density at radius 1 is 1.19 bits per heavy atom. The molecule has 0 aliphatic carbocycles. The molecule has 2 N–H and O–H groups in total. The first kappa shape index (κ1) is 20.9. The molecule has 0 unspecified atom stereocenters. The van der Waals surface area contributed by atoms with Crippen LogP contribution in [0, 0.1) is 0 Å². The lowest BCUT2D eigenvalue weighted by atomic mass is 10.2. The number of hydrogen-bond donors (Lipinski definition) is 2. The fourth-order valence-corrected chi connectivity index (χ4v) is 3.98. The van der Waals surface area contributed by atoms with Crippen LogP contribution in [0.3, 0.4) is 0 Å². The van der Waals surface area contributed by atoms with E-state index >= 15 is 0 Å². The number of rotatable bonds is 9. The second kappa shape index (κ2) is 9.50. The first-order valence-corrected chi connectivity index (χ1v) is 10.6. The van der Waals surface area contributed by atoms with Crippen LogP contribution in [0.5, 0.6) is 0 Å². The van der Waals surface area contributed by atoms with E-state index in [1.54, 1.807) is 18.2 Å². The van der Waals surface area contributed by atoms with Gasteiger partial charge in [0.1, 0.15) is 5.84 Å². The average molecular weight is 394 g/mol. The van der Waals surface area contributed by atoms with E-state index in [2.05, 4.69) is 15.0 Å². The van der Waals surface area contributed by atoms with Gasteiger partial charge in [-0.2, -0.15) is 0 Å². The first-order valence-electron chi connectivity index (χ1n) is 9.10. The largest absolute Gasteiger partial charge is 0.355 e. The van der Waals surface area contributed by atoms with Gasteiger partial charge in [0.25, 0.3) is 10.0 Å². The van der Waals surface area contributed by atoms with Gasteiger partial charge >= 0.3 is 0 Å². The maximum Gasteiger partial charge on any atom is 0.263 e. The van der Waals surface area contributed by atoms with E-state index in [0.717, 1.165) is 12.8 Å². The Bertz CT molecular complexity index is 820. The number of fused-ring (bicyclic) bond motifs is 1. The van der Waals surface area contributed by atoms with Gasteiger partial charge in [0.2, 0.25) is 11.8 Å². The number of amidine groups is 1. The Labute approximate surface area is 160 Å². The monoisotopic (exact) mass is 394 g/mol. The van der Waals surface area contributed by atoms with E-state index in [1.807, 2.05) is 13.8 Å². The van der Waals surface area contributed by atoms with E-state index in [9.17, 15) is 18.0 Å². The Morgan fingerprint density at radius 2 is 1.93 bits per heavy atom. The van der Waals surface area contributed by atoms with Gasteiger partial charge in [-0.25, -0.2) is 8.42 Å². The van der Waals surface area contributed by atoms with Gasteiger partial charge in [-0.1, -0.05) is 26.0 Å². The highest BCUT2D eigenvalue weighted by molar-refractivity contribution is 7.90. The molecule has 0 saturated carbocycles. The summed E-state index contributed by atoms with van der Waals surface area (Å²) >= 11 is 0. The van der Waals surface area contributed by atoms with Crippen LogP contribution < -0.4 is 10.0 Å². The number of hydrogen-bond acceptors (Lipinski definition) is 5. The third-order valence-corrected chi connectivity index (χ3v) is 5.41. The van der Waals surface area contributed by atoms with Crippen LogP contribution in [0.2, 0.25) is 0 Å². The van der Waals surface area contributed by atoms with Gasteiger partial charge in [-0.3, -0.25) is 19.3 Å². The first-order chi connectivity index (χ1) is 12.9. The van der Waals surface area contributed by atoms with Crippen LogP contribution in [0.4, 0.5) is 0 Å². The Balaban J connectivity index is 1.97. The van der Waals surface area contributed by atoms with Crippen molar-refractivity contribution in [3.05, 3.63) is 29.8 Å². The van der Waals surface area contributed by atoms with E-state index < -0.39 is 10.0 Å². The van der Waals surface area contributed by atoms with Crippen molar-refractivity contribution in [2.24, 2.45) is 4.99 Å². The van der Waals surface area contributed by atoms with Crippen molar-refractivity contribution < 1.29 is 18.0 Å². The molecule has 1 aliphatic heterocycles. The Hall–Kier alpha value is -2.42. The Kier molecular flexibility index (Phi) is 7.35. The summed E-state index contributed by atoms with van der Waals surface area (Å²) in [5, 5.41) is 2.76. The van der Waals surface area contributed by atoms with E-state index in [1.165, 1.54) is 11.0 Å². The molecule has 2 rings (SSSR count). The van der Waals surface area contributed by atoms with Gasteiger partial charge < -0.3 is 10.2 Å². The molecule has 8 nitrogen and oxygen atoms in total. The molecule has 0 fully saturated rings. The minimum Gasteiger partial charge on any atom is -0.355 e. The summed E-state index contributed by atoms with van der Waals surface area (Å²) < 4.78 is 26.5. The normalized spacial score (nSPS) is 15.9. The second-order valence-corrected chi connectivity index (χ2v) is 7.90. The molecule has 0 bridgehead atoms. The van der Waals surface area contributed by atoms with E-state index in [4.69, 9.17) is 0 Å². The second-order valence-electron chi connectivity index (χ2n) is 6.25. The predicted octanol–water partition coefficient (Wildman–Crippen LogP) is 0.880. The third-order valence-electron chi connectivity index (χ3n) is 4.01. The topological polar surface area (TPSA) is 108 Å². The average Bonchev–Trinajstić information content (AvgIpc) is 2.90. The van der Waals surface area contributed by atoms with Crippen molar-refractivity contribution in [3.63, 3.8) is 0 Å². The number of aliphatic imine (C=N–C) groups is 1. The SMILES string of the molecule is CCCNC(=O)CN(CCC)C(=O)CCN=C1NS(=O)(=O)c2ccccc21.